The number of amides is 1. The molecule has 0 radical (unpaired) electrons. The van der Waals surface area contributed by atoms with Crippen LogP contribution in [0, 0.1) is 12.8 Å². The fourth-order valence-electron chi connectivity index (χ4n) is 5.07. The van der Waals surface area contributed by atoms with E-state index in [1.807, 2.05) is 6.07 Å². The summed E-state index contributed by atoms with van der Waals surface area (Å²) in [6.45, 7) is 8.42. The highest BCUT2D eigenvalue weighted by molar-refractivity contribution is 7.99. The van der Waals surface area contributed by atoms with E-state index in [-0.39, 0.29) is 5.91 Å². The Bertz CT molecular complexity index is 884. The molecule has 174 valence electrons. The molecule has 1 aliphatic carbocycles. The lowest BCUT2D eigenvalue weighted by molar-refractivity contribution is -0.119. The van der Waals surface area contributed by atoms with Crippen LogP contribution in [0.3, 0.4) is 0 Å². The van der Waals surface area contributed by atoms with Crippen molar-refractivity contribution in [3.05, 3.63) is 29.8 Å². The van der Waals surface area contributed by atoms with Crippen molar-refractivity contribution in [2.45, 2.75) is 76.5 Å². The predicted molar refractivity (Wildman–Crippen MR) is 131 cm³/mol. The minimum Gasteiger partial charge on any atom is -0.353 e. The van der Waals surface area contributed by atoms with Gasteiger partial charge in [0.15, 0.2) is 11.0 Å². The van der Waals surface area contributed by atoms with E-state index in [2.05, 4.69) is 57.0 Å². The minimum atomic E-state index is 0.100. The molecule has 0 spiro atoms. The number of aromatic nitrogens is 3. The van der Waals surface area contributed by atoms with Crippen molar-refractivity contribution in [3.63, 3.8) is 0 Å². The van der Waals surface area contributed by atoms with Gasteiger partial charge in [0, 0.05) is 37.8 Å². The third-order valence-electron chi connectivity index (χ3n) is 6.84. The Balaban J connectivity index is 1.23. The van der Waals surface area contributed by atoms with Crippen molar-refractivity contribution >= 4 is 17.7 Å². The van der Waals surface area contributed by atoms with Gasteiger partial charge in [0.2, 0.25) is 5.91 Å². The summed E-state index contributed by atoms with van der Waals surface area (Å²) in [5.74, 6) is 2.24. The molecule has 1 N–H and O–H groups in total. The largest absolute Gasteiger partial charge is 0.353 e. The lowest BCUT2D eigenvalue weighted by atomic mass is 9.88. The number of thioether (sulfide) groups is 1. The van der Waals surface area contributed by atoms with Gasteiger partial charge in [-0.25, -0.2) is 0 Å². The van der Waals surface area contributed by atoms with Crippen LogP contribution in [0.1, 0.15) is 57.4 Å². The molecule has 0 unspecified atom stereocenters. The Kier molecular flexibility index (Phi) is 8.25. The predicted octanol–water partition coefficient (Wildman–Crippen LogP) is 4.53. The van der Waals surface area contributed by atoms with Crippen molar-refractivity contribution in [1.29, 1.82) is 0 Å². The topological polar surface area (TPSA) is 63.1 Å². The molecule has 2 fully saturated rings. The lowest BCUT2D eigenvalue weighted by Gasteiger charge is -2.35. The Labute approximate surface area is 196 Å². The van der Waals surface area contributed by atoms with Gasteiger partial charge in [-0.15, -0.1) is 10.2 Å². The van der Waals surface area contributed by atoms with Gasteiger partial charge in [0.1, 0.15) is 0 Å². The average Bonchev–Trinajstić information content (AvgIpc) is 3.23. The van der Waals surface area contributed by atoms with E-state index < -0.39 is 0 Å². The minimum absolute atomic E-state index is 0.100. The number of hydrogen-bond acceptors (Lipinski definition) is 5. The number of nitrogens with one attached hydrogen (secondary N) is 1. The van der Waals surface area contributed by atoms with E-state index in [0.717, 1.165) is 54.9 Å². The quantitative estimate of drug-likeness (QED) is 0.593. The number of carbonyl (C=O) groups is 1. The van der Waals surface area contributed by atoms with Crippen molar-refractivity contribution in [3.8, 4) is 11.4 Å². The third kappa shape index (κ3) is 6.13. The van der Waals surface area contributed by atoms with Crippen LogP contribution in [0.15, 0.2) is 29.4 Å². The van der Waals surface area contributed by atoms with Gasteiger partial charge >= 0.3 is 0 Å². The second-order valence-corrected chi connectivity index (χ2v) is 10.3. The molecular formula is C25H37N5OS. The number of nitrogens with zero attached hydrogens (tertiary/aromatic N) is 4. The maximum atomic E-state index is 12.6. The summed E-state index contributed by atoms with van der Waals surface area (Å²) in [4.78, 5) is 15.2. The smallest absolute Gasteiger partial charge is 0.230 e. The molecule has 1 amide bonds. The van der Waals surface area contributed by atoms with Crippen LogP contribution in [0.2, 0.25) is 0 Å². The average molecular weight is 456 g/mol. The fourth-order valence-corrected chi connectivity index (χ4v) is 5.89. The molecule has 1 aromatic carbocycles. The number of likely N-dealkylation sites (tertiary alicyclic amines) is 1. The second-order valence-electron chi connectivity index (χ2n) is 9.36. The van der Waals surface area contributed by atoms with Gasteiger partial charge in [-0.3, -0.25) is 4.79 Å². The Morgan fingerprint density at radius 1 is 1.12 bits per heavy atom. The van der Waals surface area contributed by atoms with Crippen LogP contribution in [0.4, 0.5) is 0 Å². The molecule has 0 bridgehead atoms. The highest BCUT2D eigenvalue weighted by Crippen LogP contribution is 2.26. The monoisotopic (exact) mass is 455 g/mol. The zero-order chi connectivity index (χ0) is 22.3. The molecule has 1 saturated heterocycles. The molecule has 6 nitrogen and oxygen atoms in total. The van der Waals surface area contributed by atoms with Gasteiger partial charge in [-0.05, 0) is 51.5 Å². The zero-order valence-electron chi connectivity index (χ0n) is 19.6. The summed E-state index contributed by atoms with van der Waals surface area (Å²) in [6.07, 6.45) is 9.17. The maximum Gasteiger partial charge on any atom is 0.230 e. The molecule has 4 rings (SSSR count). The number of carbonyl (C=O) groups excluding carboxylic acids is 1. The Hall–Kier alpha value is -1.86. The summed E-state index contributed by atoms with van der Waals surface area (Å²) < 4.78 is 2.09. The number of aryl methyl sites for hydroxylation is 1. The van der Waals surface area contributed by atoms with E-state index in [0.29, 0.717) is 11.8 Å². The van der Waals surface area contributed by atoms with E-state index in [4.69, 9.17) is 0 Å². The summed E-state index contributed by atoms with van der Waals surface area (Å²) in [7, 11) is 0. The fraction of sp³-hybridized carbons (Fsp3) is 0.640. The summed E-state index contributed by atoms with van der Waals surface area (Å²) in [5, 5.41) is 12.8. The lowest BCUT2D eigenvalue weighted by Crippen LogP contribution is -2.46. The molecule has 2 aliphatic rings. The highest BCUT2D eigenvalue weighted by atomic mass is 32.2. The molecule has 7 heteroatoms. The summed E-state index contributed by atoms with van der Waals surface area (Å²) >= 11 is 1.48. The van der Waals surface area contributed by atoms with Gasteiger partial charge < -0.3 is 14.8 Å². The zero-order valence-corrected chi connectivity index (χ0v) is 20.4. The van der Waals surface area contributed by atoms with Crippen LogP contribution in [0.25, 0.3) is 11.4 Å². The normalized spacial score (nSPS) is 18.7. The maximum absolute atomic E-state index is 12.6. The van der Waals surface area contributed by atoms with Crippen LogP contribution in [0.5, 0.6) is 0 Å². The molecule has 2 aromatic rings. The van der Waals surface area contributed by atoms with Crippen LogP contribution in [-0.4, -0.2) is 57.0 Å². The molecule has 1 saturated carbocycles. The highest BCUT2D eigenvalue weighted by Gasteiger charge is 2.24. The van der Waals surface area contributed by atoms with Gasteiger partial charge in [0.25, 0.3) is 0 Å². The van der Waals surface area contributed by atoms with E-state index in [1.54, 1.807) is 0 Å². The van der Waals surface area contributed by atoms with Gasteiger partial charge in [0.05, 0.1) is 5.75 Å². The first kappa shape index (κ1) is 23.3. The first-order valence-electron chi connectivity index (χ1n) is 12.3. The second kappa shape index (κ2) is 11.3. The Morgan fingerprint density at radius 3 is 2.62 bits per heavy atom. The number of piperidine rings is 1. The van der Waals surface area contributed by atoms with Crippen molar-refractivity contribution in [2.75, 3.05) is 25.4 Å². The molecule has 32 heavy (non-hydrogen) atoms. The first-order valence-corrected chi connectivity index (χ1v) is 13.3. The Morgan fingerprint density at radius 2 is 1.91 bits per heavy atom. The van der Waals surface area contributed by atoms with Crippen LogP contribution >= 0.6 is 11.8 Å². The SMILES string of the molecule is CCn1c(SCC(=O)NC2CCN(CC3CCCCC3)CC2)nnc1-c1cccc(C)c1. The molecule has 1 aromatic heterocycles. The third-order valence-corrected chi connectivity index (χ3v) is 7.80. The van der Waals surface area contributed by atoms with Gasteiger partial charge in [-0.1, -0.05) is 54.8 Å². The van der Waals surface area contributed by atoms with E-state index >= 15 is 0 Å². The molecular weight excluding hydrogens is 418 g/mol. The molecule has 0 atom stereocenters. The first-order chi connectivity index (χ1) is 15.6. The van der Waals surface area contributed by atoms with Crippen molar-refractivity contribution < 1.29 is 4.79 Å². The van der Waals surface area contributed by atoms with Crippen molar-refractivity contribution in [2.24, 2.45) is 5.92 Å². The van der Waals surface area contributed by atoms with Crippen LogP contribution < -0.4 is 5.32 Å². The van der Waals surface area contributed by atoms with Gasteiger partial charge in [-0.2, -0.15) is 0 Å². The standard InChI is InChI=1S/C25H37N5OS/c1-3-30-24(21-11-7-8-19(2)16-21)27-28-25(30)32-18-23(31)26-22-12-14-29(15-13-22)17-20-9-5-4-6-10-20/h7-8,11,16,20,22H,3-6,9-10,12-15,17-18H2,1-2H3,(H,26,31). The number of rotatable bonds is 8. The molecule has 2 heterocycles. The summed E-state index contributed by atoms with van der Waals surface area (Å²) in [5.41, 5.74) is 2.27. The van der Waals surface area contributed by atoms with E-state index in [9.17, 15) is 4.79 Å². The van der Waals surface area contributed by atoms with E-state index in [1.165, 1.54) is 56.0 Å². The van der Waals surface area contributed by atoms with Crippen LogP contribution in [-0.2, 0) is 11.3 Å². The number of benzene rings is 1. The van der Waals surface area contributed by atoms with Crippen molar-refractivity contribution in [1.82, 2.24) is 25.0 Å². The molecule has 1 aliphatic heterocycles. The summed E-state index contributed by atoms with van der Waals surface area (Å²) in [6, 6.07) is 8.61. The number of hydrogen-bond donors (Lipinski definition) is 1.